The summed E-state index contributed by atoms with van der Waals surface area (Å²) in [6.45, 7) is 6.24. The molecule has 0 radical (unpaired) electrons. The van der Waals surface area contributed by atoms with Crippen LogP contribution in [0.3, 0.4) is 0 Å². The highest BCUT2D eigenvalue weighted by molar-refractivity contribution is 6.36. The van der Waals surface area contributed by atoms with Crippen LogP contribution in [0.15, 0.2) is 55.3 Å². The van der Waals surface area contributed by atoms with Gasteiger partial charge in [-0.1, -0.05) is 48.5 Å². The molecule has 3 saturated heterocycles. The van der Waals surface area contributed by atoms with Crippen molar-refractivity contribution in [2.45, 2.75) is 62.3 Å². The van der Waals surface area contributed by atoms with Gasteiger partial charge in [-0.3, -0.25) is 14.7 Å². The van der Waals surface area contributed by atoms with Crippen LogP contribution in [0.1, 0.15) is 38.5 Å². The number of nitrogens with zero attached hydrogens (tertiary/aromatic N) is 6. The highest BCUT2D eigenvalue weighted by atomic mass is 35.5. The zero-order valence-electron chi connectivity index (χ0n) is 25.5. The Bertz CT molecular complexity index is 1870. The van der Waals surface area contributed by atoms with E-state index in [1.54, 1.807) is 17.2 Å². The third-order valence-corrected chi connectivity index (χ3v) is 10.5. The van der Waals surface area contributed by atoms with Crippen molar-refractivity contribution in [1.29, 1.82) is 0 Å². The van der Waals surface area contributed by atoms with Crippen molar-refractivity contribution in [1.82, 2.24) is 24.8 Å². The molecule has 8 nitrogen and oxygen atoms in total. The van der Waals surface area contributed by atoms with Crippen molar-refractivity contribution < 1.29 is 18.3 Å². The second-order valence-electron chi connectivity index (χ2n) is 13.1. The van der Waals surface area contributed by atoms with Crippen LogP contribution in [-0.4, -0.2) is 87.2 Å². The van der Waals surface area contributed by atoms with Crippen LogP contribution in [0.4, 0.5) is 14.6 Å². The highest BCUT2D eigenvalue weighted by Gasteiger charge is 2.49. The third-order valence-electron chi connectivity index (χ3n) is 10.2. The number of hydrogen-bond acceptors (Lipinski definition) is 7. The number of alkyl halides is 1. The highest BCUT2D eigenvalue weighted by Crippen LogP contribution is 2.43. The number of aromatic nitrogens is 3. The summed E-state index contributed by atoms with van der Waals surface area (Å²) in [6, 6.07) is 11.4. The number of carbonyl (C=O) groups excluding carboxylic acids is 1. The lowest BCUT2D eigenvalue weighted by atomic mass is 9.95. The van der Waals surface area contributed by atoms with Crippen LogP contribution in [0.5, 0.6) is 6.01 Å². The molecule has 2 aromatic carbocycles. The molecule has 3 aliphatic heterocycles. The number of benzene rings is 2. The summed E-state index contributed by atoms with van der Waals surface area (Å²) in [5.41, 5.74) is 0.401. The molecule has 0 spiro atoms. The lowest BCUT2D eigenvalue weighted by Crippen LogP contribution is -2.43. The van der Waals surface area contributed by atoms with Gasteiger partial charge in [0.25, 0.3) is 0 Å². The van der Waals surface area contributed by atoms with E-state index in [1.807, 2.05) is 30.3 Å². The van der Waals surface area contributed by atoms with E-state index in [1.165, 1.54) is 6.08 Å². The lowest BCUT2D eigenvalue weighted by Gasteiger charge is -2.32. The van der Waals surface area contributed by atoms with Gasteiger partial charge < -0.3 is 14.5 Å². The zero-order chi connectivity index (χ0) is 31.6. The fourth-order valence-electron chi connectivity index (χ4n) is 7.91. The van der Waals surface area contributed by atoms with E-state index in [0.29, 0.717) is 53.2 Å². The van der Waals surface area contributed by atoms with Crippen molar-refractivity contribution in [3.8, 4) is 17.3 Å². The fourth-order valence-corrected chi connectivity index (χ4v) is 8.19. The molecule has 11 heteroatoms. The van der Waals surface area contributed by atoms with E-state index >= 15 is 4.39 Å². The number of hydrogen-bond donors (Lipinski definition) is 0. The molecule has 1 aliphatic carbocycles. The molecule has 46 heavy (non-hydrogen) atoms. The third kappa shape index (κ3) is 4.97. The van der Waals surface area contributed by atoms with Gasteiger partial charge >= 0.3 is 6.01 Å². The standard InChI is InChI=1S/C35H35ClF2N6O2/c1-2-28(45)42-15-12-24(19-42)44(23-10-11-23)33-26-17-39-31(25-8-3-6-21-7-4-9-27(36)29(21)25)30(38)32(26)40-34(41-33)46-20-35-13-5-14-43(35)18-22(37)16-35/h2-4,6-9,17,22-24H,1,5,10-16,18-20H2/t22-,24?,35+/m1/s1. The number of pyridine rings is 1. The Morgan fingerprint density at radius 1 is 1.13 bits per heavy atom. The molecule has 5 heterocycles. The Morgan fingerprint density at radius 2 is 1.96 bits per heavy atom. The molecule has 0 bridgehead atoms. The maximum absolute atomic E-state index is 16.9. The molecule has 1 saturated carbocycles. The molecule has 8 rings (SSSR count). The first-order valence-electron chi connectivity index (χ1n) is 16.1. The zero-order valence-corrected chi connectivity index (χ0v) is 26.2. The quantitative estimate of drug-likeness (QED) is 0.207. The van der Waals surface area contributed by atoms with Crippen molar-refractivity contribution >= 4 is 45.0 Å². The summed E-state index contributed by atoms with van der Waals surface area (Å²) in [4.78, 5) is 32.9. The number of carbonyl (C=O) groups is 1. The normalized spacial score (nSPS) is 24.5. The summed E-state index contributed by atoms with van der Waals surface area (Å²) in [7, 11) is 0. The van der Waals surface area contributed by atoms with Gasteiger partial charge in [-0.15, -0.1) is 0 Å². The molecule has 0 N–H and O–H groups in total. The molecule has 3 atom stereocenters. The minimum absolute atomic E-state index is 0.0204. The molecule has 2 aromatic heterocycles. The van der Waals surface area contributed by atoms with E-state index in [-0.39, 0.29) is 41.8 Å². The van der Waals surface area contributed by atoms with Crippen LogP contribution in [0, 0.1) is 5.82 Å². The molecule has 4 aliphatic rings. The van der Waals surface area contributed by atoms with Crippen LogP contribution in [-0.2, 0) is 4.79 Å². The van der Waals surface area contributed by atoms with Gasteiger partial charge in [0, 0.05) is 54.3 Å². The number of fused-ring (bicyclic) bond motifs is 3. The first-order chi connectivity index (χ1) is 22.3. The number of rotatable bonds is 8. The van der Waals surface area contributed by atoms with Gasteiger partial charge in [0.15, 0.2) is 5.82 Å². The lowest BCUT2D eigenvalue weighted by molar-refractivity contribution is -0.125. The van der Waals surface area contributed by atoms with E-state index in [2.05, 4.69) is 26.3 Å². The van der Waals surface area contributed by atoms with E-state index < -0.39 is 17.5 Å². The topological polar surface area (TPSA) is 74.7 Å². The Morgan fingerprint density at radius 3 is 2.76 bits per heavy atom. The maximum atomic E-state index is 16.9. The van der Waals surface area contributed by atoms with Gasteiger partial charge in [-0.05, 0) is 56.2 Å². The van der Waals surface area contributed by atoms with Crippen molar-refractivity contribution in [3.05, 3.63) is 66.1 Å². The van der Waals surface area contributed by atoms with Crippen LogP contribution in [0.25, 0.3) is 32.9 Å². The largest absolute Gasteiger partial charge is 0.461 e. The average Bonchev–Trinajstić information content (AvgIpc) is 3.49. The number of amides is 1. The molecule has 1 amide bonds. The Labute approximate surface area is 271 Å². The Hall–Kier alpha value is -3.89. The molecular weight excluding hydrogens is 610 g/mol. The molecule has 4 fully saturated rings. The average molecular weight is 645 g/mol. The summed E-state index contributed by atoms with van der Waals surface area (Å²) >= 11 is 6.62. The molecular formula is C35H35ClF2N6O2. The molecule has 1 unspecified atom stereocenters. The number of ether oxygens (including phenoxy) is 1. The van der Waals surface area contributed by atoms with Crippen molar-refractivity contribution in [2.24, 2.45) is 0 Å². The van der Waals surface area contributed by atoms with Gasteiger partial charge in [0.05, 0.1) is 17.0 Å². The number of likely N-dealkylation sites (tertiary alicyclic amines) is 1. The Balaban J connectivity index is 1.25. The van der Waals surface area contributed by atoms with E-state index in [9.17, 15) is 9.18 Å². The predicted octanol–water partition coefficient (Wildman–Crippen LogP) is 6.35. The van der Waals surface area contributed by atoms with Crippen molar-refractivity contribution in [2.75, 3.05) is 37.7 Å². The van der Waals surface area contributed by atoms with Crippen LogP contribution < -0.4 is 9.64 Å². The first kappa shape index (κ1) is 29.5. The van der Waals surface area contributed by atoms with E-state index in [4.69, 9.17) is 21.3 Å². The van der Waals surface area contributed by atoms with Gasteiger partial charge in [-0.25, -0.2) is 8.78 Å². The number of halogens is 3. The fraction of sp³-hybridized carbons (Fsp3) is 0.429. The van der Waals surface area contributed by atoms with Gasteiger partial charge in [-0.2, -0.15) is 9.97 Å². The second kappa shape index (κ2) is 11.4. The van der Waals surface area contributed by atoms with Crippen molar-refractivity contribution in [3.63, 3.8) is 0 Å². The minimum atomic E-state index is -0.899. The summed E-state index contributed by atoms with van der Waals surface area (Å²) in [6.07, 6.45) is 6.98. The summed E-state index contributed by atoms with van der Waals surface area (Å²) in [5.74, 6) is -0.150. The Kier molecular flexibility index (Phi) is 7.32. The number of anilines is 1. The van der Waals surface area contributed by atoms with Gasteiger partial charge in [0.2, 0.25) is 5.91 Å². The maximum Gasteiger partial charge on any atom is 0.319 e. The molecule has 238 valence electrons. The summed E-state index contributed by atoms with van der Waals surface area (Å²) < 4.78 is 37.7. The van der Waals surface area contributed by atoms with Crippen LogP contribution in [0.2, 0.25) is 5.02 Å². The van der Waals surface area contributed by atoms with E-state index in [0.717, 1.165) is 44.0 Å². The first-order valence-corrected chi connectivity index (χ1v) is 16.5. The van der Waals surface area contributed by atoms with Gasteiger partial charge in [0.1, 0.15) is 29.8 Å². The predicted molar refractivity (Wildman–Crippen MR) is 174 cm³/mol. The smallest absolute Gasteiger partial charge is 0.319 e. The minimum Gasteiger partial charge on any atom is -0.461 e. The second-order valence-corrected chi connectivity index (χ2v) is 13.5. The monoisotopic (exact) mass is 644 g/mol. The molecule has 4 aromatic rings. The summed E-state index contributed by atoms with van der Waals surface area (Å²) in [5, 5.41) is 2.57. The van der Waals surface area contributed by atoms with Crippen LogP contribution >= 0.6 is 11.6 Å². The SMILES string of the molecule is C=CC(=O)N1CCC(N(c2nc(OC[C@@]34CCCN3C[C@H](F)C4)nc3c(F)c(-c4cccc5cccc(Cl)c45)ncc23)C2CC2)C1.